The first-order valence-corrected chi connectivity index (χ1v) is 6.83. The van der Waals surface area contributed by atoms with Gasteiger partial charge in [0.25, 0.3) is 5.91 Å². The molecule has 0 saturated heterocycles. The molecule has 0 saturated carbocycles. The molecule has 1 heterocycles. The summed E-state index contributed by atoms with van der Waals surface area (Å²) in [6, 6.07) is 7.62. The number of pyridine rings is 1. The second-order valence-electron chi connectivity index (χ2n) is 4.56. The fourth-order valence-corrected chi connectivity index (χ4v) is 1.79. The molecule has 6 nitrogen and oxygen atoms in total. The molecule has 0 aliphatic heterocycles. The maximum Gasteiger partial charge on any atom is 0.335 e. The number of carbonyl (C=O) groups is 2. The molecule has 0 unspecified atom stereocenters. The summed E-state index contributed by atoms with van der Waals surface area (Å²) in [5.41, 5.74) is 0.775. The largest absolute Gasteiger partial charge is 0.491 e. The number of aromatic nitrogens is 1. The lowest BCUT2D eigenvalue weighted by atomic mass is 10.1. The number of nitrogens with zero attached hydrogens (tertiary/aromatic N) is 1. The fraction of sp³-hybridized carbons (Fsp3) is 0.188. The van der Waals surface area contributed by atoms with Gasteiger partial charge in [0.1, 0.15) is 5.75 Å². The summed E-state index contributed by atoms with van der Waals surface area (Å²) in [7, 11) is 0. The van der Waals surface area contributed by atoms with Gasteiger partial charge in [-0.3, -0.25) is 9.78 Å². The summed E-state index contributed by atoms with van der Waals surface area (Å²) in [5.74, 6) is -1.01. The number of hydrogen-bond donors (Lipinski definition) is 2. The lowest BCUT2D eigenvalue weighted by molar-refractivity contribution is 0.0696. The summed E-state index contributed by atoms with van der Waals surface area (Å²) in [5, 5.41) is 11.7. The van der Waals surface area contributed by atoms with E-state index in [4.69, 9.17) is 9.84 Å². The number of carbonyl (C=O) groups excluding carboxylic acids is 1. The smallest absolute Gasteiger partial charge is 0.335 e. The van der Waals surface area contributed by atoms with Gasteiger partial charge in [-0.15, -0.1) is 0 Å². The van der Waals surface area contributed by atoms with E-state index in [0.29, 0.717) is 23.6 Å². The Balaban J connectivity index is 2.28. The van der Waals surface area contributed by atoms with Gasteiger partial charge in [0.15, 0.2) is 0 Å². The maximum absolute atomic E-state index is 12.2. The molecule has 2 rings (SSSR count). The van der Waals surface area contributed by atoms with E-state index in [1.54, 1.807) is 18.3 Å². The van der Waals surface area contributed by atoms with Crippen molar-refractivity contribution in [2.75, 3.05) is 11.9 Å². The third-order valence-corrected chi connectivity index (χ3v) is 2.86. The van der Waals surface area contributed by atoms with Gasteiger partial charge < -0.3 is 15.2 Å². The molecule has 2 aromatic rings. The first-order valence-electron chi connectivity index (χ1n) is 6.83. The van der Waals surface area contributed by atoms with Crippen LogP contribution < -0.4 is 10.1 Å². The molecule has 0 spiro atoms. The van der Waals surface area contributed by atoms with Crippen molar-refractivity contribution in [2.24, 2.45) is 0 Å². The Labute approximate surface area is 127 Å². The van der Waals surface area contributed by atoms with Gasteiger partial charge in [-0.25, -0.2) is 4.79 Å². The highest BCUT2D eigenvalue weighted by Gasteiger charge is 2.13. The molecule has 0 atom stereocenters. The highest BCUT2D eigenvalue weighted by atomic mass is 16.5. The molecule has 1 aromatic heterocycles. The minimum Gasteiger partial charge on any atom is -0.491 e. The van der Waals surface area contributed by atoms with Crippen molar-refractivity contribution in [1.29, 1.82) is 0 Å². The van der Waals surface area contributed by atoms with E-state index in [0.717, 1.165) is 6.42 Å². The Morgan fingerprint density at radius 1 is 1.27 bits per heavy atom. The molecule has 114 valence electrons. The van der Waals surface area contributed by atoms with Crippen LogP contribution in [0.15, 0.2) is 42.7 Å². The maximum atomic E-state index is 12.2. The Morgan fingerprint density at radius 2 is 2.09 bits per heavy atom. The van der Waals surface area contributed by atoms with Gasteiger partial charge in [-0.1, -0.05) is 6.92 Å². The van der Waals surface area contributed by atoms with E-state index in [9.17, 15) is 9.59 Å². The van der Waals surface area contributed by atoms with Crippen LogP contribution in [0.4, 0.5) is 5.69 Å². The number of carboxylic acid groups (broad SMARTS) is 1. The molecule has 0 fully saturated rings. The Kier molecular flexibility index (Phi) is 5.08. The number of anilines is 1. The van der Waals surface area contributed by atoms with Crippen molar-refractivity contribution in [3.8, 4) is 5.75 Å². The average Bonchev–Trinajstić information content (AvgIpc) is 2.54. The van der Waals surface area contributed by atoms with Crippen LogP contribution >= 0.6 is 0 Å². The molecule has 6 heteroatoms. The molecular weight excluding hydrogens is 284 g/mol. The predicted octanol–water partition coefficient (Wildman–Crippen LogP) is 2.82. The third kappa shape index (κ3) is 3.82. The average molecular weight is 300 g/mol. The predicted molar refractivity (Wildman–Crippen MR) is 81.4 cm³/mol. The van der Waals surface area contributed by atoms with Crippen LogP contribution in [0.5, 0.6) is 5.75 Å². The summed E-state index contributed by atoms with van der Waals surface area (Å²) in [4.78, 5) is 27.1. The van der Waals surface area contributed by atoms with E-state index in [1.807, 2.05) is 6.92 Å². The highest BCUT2D eigenvalue weighted by molar-refractivity contribution is 6.05. The quantitative estimate of drug-likeness (QED) is 0.856. The second kappa shape index (κ2) is 7.21. The summed E-state index contributed by atoms with van der Waals surface area (Å²) in [6.07, 6.45) is 3.80. The number of nitrogens with one attached hydrogen (secondary N) is 1. The van der Waals surface area contributed by atoms with E-state index >= 15 is 0 Å². The van der Waals surface area contributed by atoms with Gasteiger partial charge in [0.05, 0.1) is 23.4 Å². The standard InChI is InChI=1S/C16H16N2O4/c1-2-8-22-14-6-5-11(16(20)21)9-13(14)18-15(19)12-4-3-7-17-10-12/h3-7,9-10H,2,8H2,1H3,(H,18,19)(H,20,21). The lowest BCUT2D eigenvalue weighted by Crippen LogP contribution is -2.14. The highest BCUT2D eigenvalue weighted by Crippen LogP contribution is 2.26. The summed E-state index contributed by atoms with van der Waals surface area (Å²) in [6.45, 7) is 2.43. The zero-order valence-corrected chi connectivity index (χ0v) is 12.1. The Bertz CT molecular complexity index is 671. The van der Waals surface area contributed by atoms with Gasteiger partial charge in [0, 0.05) is 12.4 Å². The van der Waals surface area contributed by atoms with Crippen molar-refractivity contribution >= 4 is 17.6 Å². The van der Waals surface area contributed by atoms with Crippen LogP contribution in [-0.4, -0.2) is 28.6 Å². The normalized spacial score (nSPS) is 10.0. The van der Waals surface area contributed by atoms with Crippen molar-refractivity contribution in [2.45, 2.75) is 13.3 Å². The molecule has 1 aromatic carbocycles. The second-order valence-corrected chi connectivity index (χ2v) is 4.56. The van der Waals surface area contributed by atoms with E-state index in [-0.39, 0.29) is 11.5 Å². The molecule has 0 aliphatic rings. The molecule has 0 aliphatic carbocycles. The molecule has 0 radical (unpaired) electrons. The topological polar surface area (TPSA) is 88.5 Å². The Morgan fingerprint density at radius 3 is 2.73 bits per heavy atom. The number of hydrogen-bond acceptors (Lipinski definition) is 4. The third-order valence-electron chi connectivity index (χ3n) is 2.86. The van der Waals surface area contributed by atoms with E-state index < -0.39 is 5.97 Å². The minimum atomic E-state index is -1.07. The number of ether oxygens (including phenoxy) is 1. The zero-order chi connectivity index (χ0) is 15.9. The summed E-state index contributed by atoms with van der Waals surface area (Å²) < 4.78 is 5.53. The molecule has 2 N–H and O–H groups in total. The molecular formula is C16H16N2O4. The van der Waals surface area contributed by atoms with Crippen LogP contribution in [0.1, 0.15) is 34.1 Å². The van der Waals surface area contributed by atoms with Crippen molar-refractivity contribution < 1.29 is 19.4 Å². The van der Waals surface area contributed by atoms with E-state index in [2.05, 4.69) is 10.3 Å². The number of aromatic carboxylic acids is 1. The van der Waals surface area contributed by atoms with Gasteiger partial charge in [-0.2, -0.15) is 0 Å². The number of rotatable bonds is 6. The number of carboxylic acids is 1. The number of amides is 1. The van der Waals surface area contributed by atoms with Crippen LogP contribution in [0.3, 0.4) is 0 Å². The SMILES string of the molecule is CCCOc1ccc(C(=O)O)cc1NC(=O)c1cccnc1. The number of benzene rings is 1. The molecule has 1 amide bonds. The first-order chi connectivity index (χ1) is 10.6. The monoisotopic (exact) mass is 300 g/mol. The van der Waals surface area contributed by atoms with Crippen LogP contribution in [0.2, 0.25) is 0 Å². The fourth-order valence-electron chi connectivity index (χ4n) is 1.79. The Hall–Kier alpha value is -2.89. The van der Waals surface area contributed by atoms with Crippen molar-refractivity contribution in [1.82, 2.24) is 4.98 Å². The van der Waals surface area contributed by atoms with E-state index in [1.165, 1.54) is 24.4 Å². The molecule has 0 bridgehead atoms. The zero-order valence-electron chi connectivity index (χ0n) is 12.1. The lowest BCUT2D eigenvalue weighted by Gasteiger charge is -2.13. The minimum absolute atomic E-state index is 0.0744. The van der Waals surface area contributed by atoms with Crippen molar-refractivity contribution in [3.63, 3.8) is 0 Å². The van der Waals surface area contributed by atoms with Crippen LogP contribution in [0.25, 0.3) is 0 Å². The van der Waals surface area contributed by atoms with Gasteiger partial charge in [0.2, 0.25) is 0 Å². The van der Waals surface area contributed by atoms with Crippen LogP contribution in [0, 0.1) is 0 Å². The van der Waals surface area contributed by atoms with Crippen LogP contribution in [-0.2, 0) is 0 Å². The molecule has 22 heavy (non-hydrogen) atoms. The summed E-state index contributed by atoms with van der Waals surface area (Å²) >= 11 is 0. The van der Waals surface area contributed by atoms with Gasteiger partial charge >= 0.3 is 5.97 Å². The van der Waals surface area contributed by atoms with Gasteiger partial charge in [-0.05, 0) is 36.8 Å². The van der Waals surface area contributed by atoms with Crippen molar-refractivity contribution in [3.05, 3.63) is 53.9 Å². The first kappa shape index (κ1) is 15.5.